The molecule has 0 spiro atoms. The molecule has 1 atom stereocenters. The van der Waals surface area contributed by atoms with E-state index in [0.29, 0.717) is 16.6 Å². The Balaban J connectivity index is 2.11. The Morgan fingerprint density at radius 2 is 1.85 bits per heavy atom. The van der Waals surface area contributed by atoms with Crippen LogP contribution >= 0.6 is 23.2 Å². The summed E-state index contributed by atoms with van der Waals surface area (Å²) in [4.78, 5) is 0. The van der Waals surface area contributed by atoms with E-state index >= 15 is 0 Å². The average Bonchev–Trinajstić information content (AvgIpc) is 2.42. The zero-order chi connectivity index (χ0) is 14.5. The number of benzene rings is 2. The second-order valence-corrected chi connectivity index (χ2v) is 5.72. The fourth-order valence-electron chi connectivity index (χ4n) is 2.25. The van der Waals surface area contributed by atoms with Crippen LogP contribution in [0.3, 0.4) is 0 Å². The molecule has 2 N–H and O–H groups in total. The van der Waals surface area contributed by atoms with E-state index in [9.17, 15) is 4.39 Å². The molecule has 0 radical (unpaired) electrons. The third kappa shape index (κ3) is 4.20. The van der Waals surface area contributed by atoms with Crippen molar-refractivity contribution in [3.63, 3.8) is 0 Å². The topological polar surface area (TPSA) is 26.0 Å². The molecule has 106 valence electrons. The predicted octanol–water partition coefficient (Wildman–Crippen LogP) is 4.49. The van der Waals surface area contributed by atoms with Gasteiger partial charge in [-0.05, 0) is 66.8 Å². The van der Waals surface area contributed by atoms with Crippen LogP contribution in [0.2, 0.25) is 10.0 Å². The highest BCUT2D eigenvalue weighted by Gasteiger charge is 2.12. The van der Waals surface area contributed by atoms with E-state index in [1.807, 2.05) is 12.1 Å². The second kappa shape index (κ2) is 7.07. The molecule has 0 aliphatic rings. The van der Waals surface area contributed by atoms with Crippen molar-refractivity contribution in [1.29, 1.82) is 0 Å². The first-order valence-electron chi connectivity index (χ1n) is 6.47. The van der Waals surface area contributed by atoms with Gasteiger partial charge in [0.05, 0.1) is 0 Å². The van der Waals surface area contributed by atoms with Crippen molar-refractivity contribution in [2.24, 2.45) is 11.7 Å². The van der Waals surface area contributed by atoms with Crippen molar-refractivity contribution in [2.75, 3.05) is 6.54 Å². The molecule has 20 heavy (non-hydrogen) atoms. The summed E-state index contributed by atoms with van der Waals surface area (Å²) in [5.74, 6) is -0.0215. The maximum absolute atomic E-state index is 13.2. The maximum Gasteiger partial charge on any atom is 0.123 e. The van der Waals surface area contributed by atoms with Crippen LogP contribution < -0.4 is 5.73 Å². The molecule has 0 aliphatic heterocycles. The van der Waals surface area contributed by atoms with Gasteiger partial charge in [0.1, 0.15) is 5.82 Å². The second-order valence-electron chi connectivity index (χ2n) is 4.88. The van der Waals surface area contributed by atoms with Gasteiger partial charge in [0.25, 0.3) is 0 Å². The molecule has 0 amide bonds. The summed E-state index contributed by atoms with van der Waals surface area (Å²) in [7, 11) is 0. The molecular weight excluding hydrogens is 296 g/mol. The molecule has 4 heteroatoms. The Morgan fingerprint density at radius 3 is 2.55 bits per heavy atom. The van der Waals surface area contributed by atoms with Gasteiger partial charge < -0.3 is 5.73 Å². The Kier molecular flexibility index (Phi) is 5.41. The molecule has 0 fully saturated rings. The minimum absolute atomic E-state index is 0.202. The number of hydrogen-bond donors (Lipinski definition) is 1. The van der Waals surface area contributed by atoms with E-state index in [4.69, 9.17) is 28.9 Å². The van der Waals surface area contributed by atoms with E-state index in [0.717, 1.165) is 24.0 Å². The standard InChI is InChI=1S/C16H16Cl2FN/c17-14-4-5-16(18)13(9-14)7-12(10-20)6-11-2-1-3-15(19)8-11/h1-5,8-9,12H,6-7,10,20H2. The smallest absolute Gasteiger partial charge is 0.123 e. The molecule has 1 nitrogen and oxygen atoms in total. The predicted molar refractivity (Wildman–Crippen MR) is 82.8 cm³/mol. The lowest BCUT2D eigenvalue weighted by Crippen LogP contribution is -2.19. The number of rotatable bonds is 5. The summed E-state index contributed by atoms with van der Waals surface area (Å²) in [6, 6.07) is 12.0. The average molecular weight is 312 g/mol. The van der Waals surface area contributed by atoms with Gasteiger partial charge in [-0.25, -0.2) is 4.39 Å². The zero-order valence-corrected chi connectivity index (χ0v) is 12.5. The van der Waals surface area contributed by atoms with Gasteiger partial charge in [-0.1, -0.05) is 35.3 Å². The molecule has 0 saturated heterocycles. The van der Waals surface area contributed by atoms with Gasteiger partial charge in [-0.3, -0.25) is 0 Å². The number of hydrogen-bond acceptors (Lipinski definition) is 1. The van der Waals surface area contributed by atoms with Crippen LogP contribution in [-0.4, -0.2) is 6.54 Å². The van der Waals surface area contributed by atoms with Crippen LogP contribution in [0.15, 0.2) is 42.5 Å². The van der Waals surface area contributed by atoms with Gasteiger partial charge >= 0.3 is 0 Å². The summed E-state index contributed by atoms with van der Waals surface area (Å²) >= 11 is 12.2. The molecule has 1 unspecified atom stereocenters. The lowest BCUT2D eigenvalue weighted by atomic mass is 9.92. The lowest BCUT2D eigenvalue weighted by Gasteiger charge is -2.16. The Morgan fingerprint density at radius 1 is 1.05 bits per heavy atom. The highest BCUT2D eigenvalue weighted by molar-refractivity contribution is 6.33. The number of nitrogens with two attached hydrogens (primary N) is 1. The number of halogens is 3. The molecule has 0 bridgehead atoms. The van der Waals surface area contributed by atoms with E-state index in [2.05, 4.69) is 0 Å². The van der Waals surface area contributed by atoms with Crippen molar-refractivity contribution >= 4 is 23.2 Å². The van der Waals surface area contributed by atoms with Crippen LogP contribution in [0.25, 0.3) is 0 Å². The molecule has 2 aromatic carbocycles. The highest BCUT2D eigenvalue weighted by Crippen LogP contribution is 2.24. The normalized spacial score (nSPS) is 12.4. The zero-order valence-electron chi connectivity index (χ0n) is 11.0. The first-order valence-corrected chi connectivity index (χ1v) is 7.22. The van der Waals surface area contributed by atoms with E-state index in [1.54, 1.807) is 24.3 Å². The van der Waals surface area contributed by atoms with Crippen molar-refractivity contribution in [1.82, 2.24) is 0 Å². The van der Waals surface area contributed by atoms with Crippen LogP contribution in [0.1, 0.15) is 11.1 Å². The highest BCUT2D eigenvalue weighted by atomic mass is 35.5. The Bertz CT molecular complexity index is 586. The summed E-state index contributed by atoms with van der Waals surface area (Å²) < 4.78 is 13.2. The fraction of sp³-hybridized carbons (Fsp3) is 0.250. The first kappa shape index (κ1) is 15.3. The third-order valence-electron chi connectivity index (χ3n) is 3.26. The van der Waals surface area contributed by atoms with E-state index < -0.39 is 0 Å². The van der Waals surface area contributed by atoms with Gasteiger partial charge in [-0.2, -0.15) is 0 Å². The molecule has 2 rings (SSSR count). The minimum Gasteiger partial charge on any atom is -0.330 e. The fourth-order valence-corrected chi connectivity index (χ4v) is 2.64. The monoisotopic (exact) mass is 311 g/mol. The lowest BCUT2D eigenvalue weighted by molar-refractivity contribution is 0.530. The van der Waals surface area contributed by atoms with Crippen molar-refractivity contribution < 1.29 is 4.39 Å². The molecule has 2 aromatic rings. The largest absolute Gasteiger partial charge is 0.330 e. The molecular formula is C16H16Cl2FN. The van der Waals surface area contributed by atoms with Gasteiger partial charge in [0.2, 0.25) is 0 Å². The maximum atomic E-state index is 13.2. The Labute approximate surface area is 128 Å². The third-order valence-corrected chi connectivity index (χ3v) is 3.87. The van der Waals surface area contributed by atoms with E-state index in [1.165, 1.54) is 6.07 Å². The molecule has 0 aromatic heterocycles. The summed E-state index contributed by atoms with van der Waals surface area (Å²) in [5, 5.41) is 1.35. The summed E-state index contributed by atoms with van der Waals surface area (Å²) in [5.41, 5.74) is 7.75. The van der Waals surface area contributed by atoms with Crippen LogP contribution in [0.5, 0.6) is 0 Å². The quantitative estimate of drug-likeness (QED) is 0.865. The van der Waals surface area contributed by atoms with Crippen molar-refractivity contribution in [2.45, 2.75) is 12.8 Å². The first-order chi connectivity index (χ1) is 9.58. The Hall–Kier alpha value is -1.09. The summed E-state index contributed by atoms with van der Waals surface area (Å²) in [6.07, 6.45) is 1.45. The van der Waals surface area contributed by atoms with Crippen LogP contribution in [0, 0.1) is 11.7 Å². The van der Waals surface area contributed by atoms with Crippen molar-refractivity contribution in [3.8, 4) is 0 Å². The van der Waals surface area contributed by atoms with Gasteiger partial charge in [0, 0.05) is 10.0 Å². The van der Waals surface area contributed by atoms with Gasteiger partial charge in [0.15, 0.2) is 0 Å². The van der Waals surface area contributed by atoms with Crippen LogP contribution in [-0.2, 0) is 12.8 Å². The van der Waals surface area contributed by atoms with Gasteiger partial charge in [-0.15, -0.1) is 0 Å². The SMILES string of the molecule is NCC(Cc1cccc(F)c1)Cc1cc(Cl)ccc1Cl. The van der Waals surface area contributed by atoms with E-state index in [-0.39, 0.29) is 11.7 Å². The van der Waals surface area contributed by atoms with Crippen LogP contribution in [0.4, 0.5) is 4.39 Å². The molecule has 0 aliphatic carbocycles. The molecule has 0 heterocycles. The van der Waals surface area contributed by atoms with Crippen molar-refractivity contribution in [3.05, 3.63) is 69.5 Å². The molecule has 0 saturated carbocycles. The minimum atomic E-state index is -0.223. The summed E-state index contributed by atoms with van der Waals surface area (Å²) in [6.45, 7) is 0.513.